The Balaban J connectivity index is 0.00000337. The van der Waals surface area contributed by atoms with Crippen LogP contribution in [0.15, 0.2) is 54.9 Å². The molecule has 1 saturated heterocycles. The summed E-state index contributed by atoms with van der Waals surface area (Å²) in [5, 5.41) is 3.45. The van der Waals surface area contributed by atoms with Crippen molar-refractivity contribution in [1.82, 2.24) is 19.7 Å². The molecule has 1 saturated carbocycles. The molecular weight excluding hydrogens is 564 g/mol. The number of amides is 1. The molecule has 1 amide bonds. The molecule has 10 heteroatoms. The normalized spacial score (nSPS) is 15.5. The largest absolute Gasteiger partial charge is 0.492 e. The molecular formula is C31H34Cl2FN5O2. The lowest BCUT2D eigenvalue weighted by molar-refractivity contribution is 0.0944. The van der Waals surface area contributed by atoms with Crippen LogP contribution < -0.4 is 15.0 Å². The van der Waals surface area contributed by atoms with Gasteiger partial charge in [-0.2, -0.15) is 0 Å². The molecule has 4 aromatic rings. The van der Waals surface area contributed by atoms with Crippen LogP contribution in [0.5, 0.6) is 5.75 Å². The molecule has 4 heterocycles. The zero-order valence-corrected chi connectivity index (χ0v) is 24.6. The number of hydrogen-bond acceptors (Lipinski definition) is 5. The van der Waals surface area contributed by atoms with Crippen LogP contribution in [0.4, 0.5) is 10.2 Å². The predicted octanol–water partition coefficient (Wildman–Crippen LogP) is 6.61. The number of halogens is 3. The Bertz CT molecular complexity index is 1520. The summed E-state index contributed by atoms with van der Waals surface area (Å²) in [5.74, 6) is 2.12. The second-order valence-electron chi connectivity index (χ2n) is 10.7. The number of hydrogen-bond donors (Lipinski definition) is 1. The van der Waals surface area contributed by atoms with Gasteiger partial charge in [-0.25, -0.2) is 14.4 Å². The number of piperidine rings is 1. The van der Waals surface area contributed by atoms with Crippen molar-refractivity contribution in [3.63, 3.8) is 0 Å². The molecule has 1 N–H and O–H groups in total. The first-order valence-electron chi connectivity index (χ1n) is 14.0. The average molecular weight is 599 g/mol. The number of aryl methyl sites for hydroxylation is 1. The number of fused-ring (bicyclic) bond motifs is 1. The van der Waals surface area contributed by atoms with Crippen LogP contribution in [0.2, 0.25) is 5.02 Å². The van der Waals surface area contributed by atoms with Gasteiger partial charge in [-0.1, -0.05) is 30.7 Å². The van der Waals surface area contributed by atoms with Crippen molar-refractivity contribution in [2.24, 2.45) is 5.92 Å². The average Bonchev–Trinajstić information content (AvgIpc) is 3.74. The fourth-order valence-electron chi connectivity index (χ4n) is 5.40. The number of carbonyl (C=O) groups excluding carboxylic acids is 1. The highest BCUT2D eigenvalue weighted by atomic mass is 35.5. The number of pyridine rings is 2. The molecule has 1 aliphatic carbocycles. The van der Waals surface area contributed by atoms with Crippen molar-refractivity contribution in [3.05, 3.63) is 88.2 Å². The number of nitrogens with one attached hydrogen (secondary N) is 1. The van der Waals surface area contributed by atoms with Gasteiger partial charge in [0.15, 0.2) is 0 Å². The predicted molar refractivity (Wildman–Crippen MR) is 161 cm³/mol. The topological polar surface area (TPSA) is 71.8 Å². The molecule has 0 atom stereocenters. The third kappa shape index (κ3) is 6.60. The highest BCUT2D eigenvalue weighted by molar-refractivity contribution is 6.30. The molecule has 41 heavy (non-hydrogen) atoms. The van der Waals surface area contributed by atoms with Crippen LogP contribution in [0, 0.1) is 11.7 Å². The lowest BCUT2D eigenvalue weighted by Gasteiger charge is -2.33. The number of anilines is 1. The van der Waals surface area contributed by atoms with Gasteiger partial charge in [-0.3, -0.25) is 9.20 Å². The first-order valence-corrected chi connectivity index (χ1v) is 14.4. The summed E-state index contributed by atoms with van der Waals surface area (Å²) in [6.07, 6.45) is 8.33. The van der Waals surface area contributed by atoms with E-state index in [-0.39, 0.29) is 36.6 Å². The second kappa shape index (κ2) is 12.7. The van der Waals surface area contributed by atoms with E-state index >= 15 is 4.39 Å². The van der Waals surface area contributed by atoms with Crippen molar-refractivity contribution in [3.8, 4) is 5.75 Å². The molecule has 3 aromatic heterocycles. The quantitative estimate of drug-likeness (QED) is 0.235. The fraction of sp³-hybridized carbons (Fsp3) is 0.387. The first kappa shape index (κ1) is 29.1. The van der Waals surface area contributed by atoms with E-state index in [1.165, 1.54) is 18.9 Å². The summed E-state index contributed by atoms with van der Waals surface area (Å²) >= 11 is 6.15. The minimum atomic E-state index is -0.264. The zero-order valence-electron chi connectivity index (χ0n) is 23.0. The van der Waals surface area contributed by atoms with Gasteiger partial charge in [0, 0.05) is 25.8 Å². The van der Waals surface area contributed by atoms with Crippen molar-refractivity contribution >= 4 is 41.4 Å². The third-order valence-corrected chi connectivity index (χ3v) is 8.11. The van der Waals surface area contributed by atoms with Gasteiger partial charge in [-0.05, 0) is 85.4 Å². The minimum absolute atomic E-state index is 0. The number of imidazole rings is 1. The summed E-state index contributed by atoms with van der Waals surface area (Å²) in [4.78, 5) is 24.5. The number of rotatable bonds is 9. The molecule has 2 fully saturated rings. The van der Waals surface area contributed by atoms with Gasteiger partial charge < -0.3 is 15.0 Å². The molecule has 216 valence electrons. The zero-order chi connectivity index (χ0) is 27.6. The molecule has 0 bridgehead atoms. The van der Waals surface area contributed by atoms with Crippen LogP contribution in [0.3, 0.4) is 0 Å². The summed E-state index contributed by atoms with van der Waals surface area (Å²) in [7, 11) is 0. The number of nitrogens with zero attached hydrogens (tertiary/aromatic N) is 4. The van der Waals surface area contributed by atoms with Gasteiger partial charge in [0.25, 0.3) is 5.91 Å². The van der Waals surface area contributed by atoms with Crippen molar-refractivity contribution in [2.75, 3.05) is 24.6 Å². The van der Waals surface area contributed by atoms with Crippen LogP contribution in [0.25, 0.3) is 5.65 Å². The summed E-state index contributed by atoms with van der Waals surface area (Å²) in [5.41, 5.74) is 3.26. The molecule has 0 radical (unpaired) electrons. The highest BCUT2D eigenvalue weighted by Crippen LogP contribution is 2.33. The van der Waals surface area contributed by atoms with Gasteiger partial charge in [0.2, 0.25) is 0 Å². The Morgan fingerprint density at radius 1 is 1.12 bits per heavy atom. The molecule has 0 spiro atoms. The van der Waals surface area contributed by atoms with E-state index in [9.17, 15) is 4.79 Å². The molecule has 1 aliphatic heterocycles. The van der Waals surface area contributed by atoms with Gasteiger partial charge in [0.1, 0.15) is 28.7 Å². The Morgan fingerprint density at radius 2 is 1.93 bits per heavy atom. The first-order chi connectivity index (χ1) is 19.5. The Labute approximate surface area is 250 Å². The maximum atomic E-state index is 15.2. The maximum absolute atomic E-state index is 15.2. The Morgan fingerprint density at radius 3 is 2.61 bits per heavy atom. The maximum Gasteiger partial charge on any atom is 0.270 e. The summed E-state index contributed by atoms with van der Waals surface area (Å²) in [6, 6.07) is 12.8. The Hall–Kier alpha value is -3.36. The van der Waals surface area contributed by atoms with Crippen LogP contribution >= 0.6 is 24.0 Å². The van der Waals surface area contributed by atoms with E-state index in [4.69, 9.17) is 16.3 Å². The molecule has 1 aromatic carbocycles. The van der Waals surface area contributed by atoms with Crippen LogP contribution in [0.1, 0.15) is 65.8 Å². The monoisotopic (exact) mass is 597 g/mol. The van der Waals surface area contributed by atoms with E-state index in [0.29, 0.717) is 40.0 Å². The van der Waals surface area contributed by atoms with Gasteiger partial charge in [-0.15, -0.1) is 12.4 Å². The highest BCUT2D eigenvalue weighted by Gasteiger charge is 2.25. The third-order valence-electron chi connectivity index (χ3n) is 7.88. The van der Waals surface area contributed by atoms with Crippen molar-refractivity contribution < 1.29 is 13.9 Å². The second-order valence-corrected chi connectivity index (χ2v) is 11.2. The molecule has 0 unspecified atom stereocenters. The van der Waals surface area contributed by atoms with E-state index in [0.717, 1.165) is 49.7 Å². The van der Waals surface area contributed by atoms with Gasteiger partial charge >= 0.3 is 0 Å². The smallest absolute Gasteiger partial charge is 0.270 e. The summed E-state index contributed by atoms with van der Waals surface area (Å²) in [6.45, 7) is 4.59. The summed E-state index contributed by atoms with van der Waals surface area (Å²) < 4.78 is 22.7. The fourth-order valence-corrected chi connectivity index (χ4v) is 5.56. The van der Waals surface area contributed by atoms with Crippen LogP contribution in [-0.4, -0.2) is 40.0 Å². The lowest BCUT2D eigenvalue weighted by atomic mass is 9.88. The number of carbonyl (C=O) groups is 1. The van der Waals surface area contributed by atoms with E-state index in [2.05, 4.69) is 20.2 Å². The standard InChI is InChI=1S/C31H33ClFN5O2.ClH/c1-2-27-30(38-18-23(32)6-9-29(38)36-27)31(39)35-16-21-5-8-25(26(33)15-21)22-11-13-37(14-12-22)28-10-7-24(17-34-28)40-19-20-3-4-20;/h5-10,15,17-18,20,22H,2-4,11-14,16,19H2,1H3,(H,35,39);1H. The lowest BCUT2D eigenvalue weighted by Crippen LogP contribution is -2.33. The SMILES string of the molecule is CCc1nc2ccc(Cl)cn2c1C(=O)NCc1ccc(C2CCN(c3ccc(OCC4CC4)cn3)CC2)c(F)c1.Cl. The minimum Gasteiger partial charge on any atom is -0.492 e. The van der Waals surface area contributed by atoms with E-state index < -0.39 is 0 Å². The molecule has 2 aliphatic rings. The molecule has 7 nitrogen and oxygen atoms in total. The van der Waals surface area contributed by atoms with E-state index in [1.807, 2.05) is 31.2 Å². The Kier molecular flexibility index (Phi) is 9.00. The van der Waals surface area contributed by atoms with Gasteiger partial charge in [0.05, 0.1) is 23.5 Å². The number of aromatic nitrogens is 3. The molecule has 6 rings (SSSR count). The number of benzene rings is 1. The number of ether oxygens (including phenoxy) is 1. The van der Waals surface area contributed by atoms with Crippen LogP contribution in [-0.2, 0) is 13.0 Å². The van der Waals surface area contributed by atoms with E-state index in [1.54, 1.807) is 28.9 Å². The van der Waals surface area contributed by atoms with Crippen molar-refractivity contribution in [2.45, 2.75) is 51.5 Å². The van der Waals surface area contributed by atoms with Crippen molar-refractivity contribution in [1.29, 1.82) is 0 Å².